The molecule has 1 aromatic heterocycles. The molecule has 7 nitrogen and oxygen atoms in total. The van der Waals surface area contributed by atoms with Gasteiger partial charge in [-0.05, 0) is 42.9 Å². The Kier molecular flexibility index (Phi) is 9.54. The van der Waals surface area contributed by atoms with Gasteiger partial charge in [-0.1, -0.05) is 44.5 Å². The van der Waals surface area contributed by atoms with Gasteiger partial charge in [0.25, 0.3) is 0 Å². The highest BCUT2D eigenvalue weighted by Crippen LogP contribution is 2.12. The number of unbranched alkanes of at least 4 members (excludes halogenated alkanes) is 1. The van der Waals surface area contributed by atoms with Crippen LogP contribution in [0.3, 0.4) is 0 Å². The maximum Gasteiger partial charge on any atom is 0.321 e. The summed E-state index contributed by atoms with van der Waals surface area (Å²) in [5.74, 6) is -1.67. The highest BCUT2D eigenvalue weighted by atomic mass is 16.4. The smallest absolute Gasteiger partial charge is 0.321 e. The molecule has 2 unspecified atom stereocenters. The predicted molar refractivity (Wildman–Crippen MR) is 116 cm³/mol. The molecular weight excluding hydrogens is 382 g/mol. The van der Waals surface area contributed by atoms with E-state index < -0.39 is 18.0 Å². The van der Waals surface area contributed by atoms with E-state index in [1.54, 1.807) is 12.5 Å². The van der Waals surface area contributed by atoms with E-state index in [1.807, 2.05) is 11.5 Å². The Labute approximate surface area is 178 Å². The van der Waals surface area contributed by atoms with E-state index in [0.717, 1.165) is 17.7 Å². The van der Waals surface area contributed by atoms with Gasteiger partial charge < -0.3 is 20.1 Å². The predicted octanol–water partition coefficient (Wildman–Crippen LogP) is 3.36. The first-order chi connectivity index (χ1) is 14.4. The minimum atomic E-state index is -0.923. The summed E-state index contributed by atoms with van der Waals surface area (Å²) in [6, 6.07) is 7.80. The van der Waals surface area contributed by atoms with Gasteiger partial charge >= 0.3 is 11.9 Å². The van der Waals surface area contributed by atoms with Crippen molar-refractivity contribution in [2.75, 3.05) is 6.54 Å². The lowest BCUT2D eigenvalue weighted by Gasteiger charge is -2.18. The van der Waals surface area contributed by atoms with Crippen LogP contribution in [0, 0.1) is 5.92 Å². The Balaban J connectivity index is 1.95. The SMILES string of the molecule is CCCCc1ccc(Cn2cncc2CC(NCC(C)CCC(=O)O)C(=O)O)cc1. The Morgan fingerprint density at radius 1 is 1.17 bits per heavy atom. The van der Waals surface area contributed by atoms with Crippen LogP contribution in [0.1, 0.15) is 56.4 Å². The molecule has 0 bridgehead atoms. The third kappa shape index (κ3) is 7.99. The molecule has 0 saturated carbocycles. The average Bonchev–Trinajstić information content (AvgIpc) is 3.15. The van der Waals surface area contributed by atoms with E-state index in [-0.39, 0.29) is 12.3 Å². The van der Waals surface area contributed by atoms with Crippen molar-refractivity contribution in [2.45, 2.75) is 65.0 Å². The minimum Gasteiger partial charge on any atom is -0.481 e. The second-order valence-corrected chi connectivity index (χ2v) is 7.97. The standard InChI is InChI=1S/C23H33N3O4/c1-3-4-5-18-7-9-19(10-8-18)15-26-16-24-14-20(26)12-21(23(29)30)25-13-17(2)6-11-22(27)28/h7-10,14,16-17,21,25H,3-6,11-13,15H2,1-2H3,(H,27,28)(H,29,30). The number of nitrogens with one attached hydrogen (secondary N) is 1. The van der Waals surface area contributed by atoms with Gasteiger partial charge in [-0.25, -0.2) is 4.98 Å². The van der Waals surface area contributed by atoms with Crippen LogP contribution >= 0.6 is 0 Å². The van der Waals surface area contributed by atoms with Crippen LogP contribution in [0.15, 0.2) is 36.8 Å². The molecule has 0 amide bonds. The second kappa shape index (κ2) is 12.1. The number of carboxylic acids is 2. The van der Waals surface area contributed by atoms with Gasteiger partial charge in [-0.3, -0.25) is 9.59 Å². The molecule has 0 aliphatic heterocycles. The van der Waals surface area contributed by atoms with Crippen molar-refractivity contribution in [1.29, 1.82) is 0 Å². The van der Waals surface area contributed by atoms with Crippen molar-refractivity contribution in [3.8, 4) is 0 Å². The lowest BCUT2D eigenvalue weighted by Crippen LogP contribution is -2.41. The molecule has 0 aliphatic rings. The molecule has 2 rings (SSSR count). The number of aryl methyl sites for hydroxylation is 1. The minimum absolute atomic E-state index is 0.0825. The maximum absolute atomic E-state index is 11.7. The summed E-state index contributed by atoms with van der Waals surface area (Å²) >= 11 is 0. The topological polar surface area (TPSA) is 104 Å². The van der Waals surface area contributed by atoms with Gasteiger partial charge in [-0.15, -0.1) is 0 Å². The fourth-order valence-corrected chi connectivity index (χ4v) is 3.32. The van der Waals surface area contributed by atoms with Crippen LogP contribution in [0.2, 0.25) is 0 Å². The van der Waals surface area contributed by atoms with E-state index in [2.05, 4.69) is 41.5 Å². The van der Waals surface area contributed by atoms with Crippen LogP contribution in [0.4, 0.5) is 0 Å². The Morgan fingerprint density at radius 3 is 2.50 bits per heavy atom. The molecule has 0 fully saturated rings. The number of benzene rings is 1. The lowest BCUT2D eigenvalue weighted by molar-refractivity contribution is -0.140. The van der Waals surface area contributed by atoms with Crippen LogP contribution in [0.25, 0.3) is 0 Å². The summed E-state index contributed by atoms with van der Waals surface area (Å²) in [5, 5.41) is 21.4. The molecule has 0 aliphatic carbocycles. The van der Waals surface area contributed by atoms with Crippen molar-refractivity contribution >= 4 is 11.9 Å². The molecule has 0 radical (unpaired) electrons. The van der Waals surface area contributed by atoms with Crippen molar-refractivity contribution in [3.05, 3.63) is 53.6 Å². The number of aromatic nitrogens is 2. The molecule has 0 saturated heterocycles. The highest BCUT2D eigenvalue weighted by molar-refractivity contribution is 5.73. The second-order valence-electron chi connectivity index (χ2n) is 7.97. The van der Waals surface area contributed by atoms with E-state index in [0.29, 0.717) is 25.9 Å². The van der Waals surface area contributed by atoms with Crippen LogP contribution in [-0.4, -0.2) is 44.3 Å². The quantitative estimate of drug-likeness (QED) is 0.437. The number of carboxylic acid groups (broad SMARTS) is 2. The summed E-state index contributed by atoms with van der Waals surface area (Å²) < 4.78 is 1.98. The van der Waals surface area contributed by atoms with Crippen molar-refractivity contribution in [3.63, 3.8) is 0 Å². The van der Waals surface area contributed by atoms with Gasteiger partial charge in [0.05, 0.1) is 6.33 Å². The molecule has 2 atom stereocenters. The molecule has 7 heteroatoms. The first-order valence-corrected chi connectivity index (χ1v) is 10.6. The van der Waals surface area contributed by atoms with E-state index in [1.165, 1.54) is 18.4 Å². The Bertz CT molecular complexity index is 801. The summed E-state index contributed by atoms with van der Waals surface area (Å²) in [5.41, 5.74) is 3.33. The number of aliphatic carboxylic acids is 2. The van der Waals surface area contributed by atoms with Crippen molar-refractivity contribution < 1.29 is 19.8 Å². The van der Waals surface area contributed by atoms with E-state index in [9.17, 15) is 14.7 Å². The fourth-order valence-electron chi connectivity index (χ4n) is 3.32. The van der Waals surface area contributed by atoms with Gasteiger partial charge in [0.15, 0.2) is 0 Å². The zero-order chi connectivity index (χ0) is 21.9. The number of hydrogen-bond donors (Lipinski definition) is 3. The molecule has 0 spiro atoms. The van der Waals surface area contributed by atoms with Crippen LogP contribution < -0.4 is 5.32 Å². The number of carbonyl (C=O) groups is 2. The van der Waals surface area contributed by atoms with Crippen molar-refractivity contribution in [2.24, 2.45) is 5.92 Å². The molecule has 1 aromatic carbocycles. The van der Waals surface area contributed by atoms with Crippen LogP contribution in [-0.2, 0) is 29.0 Å². The van der Waals surface area contributed by atoms with Gasteiger partial charge in [0, 0.05) is 31.3 Å². The molecule has 164 valence electrons. The number of imidazole rings is 1. The summed E-state index contributed by atoms with van der Waals surface area (Å²) in [6.45, 7) is 5.20. The largest absolute Gasteiger partial charge is 0.481 e. The number of rotatable bonds is 14. The third-order valence-electron chi connectivity index (χ3n) is 5.27. The van der Waals surface area contributed by atoms with Gasteiger partial charge in [-0.2, -0.15) is 0 Å². The third-order valence-corrected chi connectivity index (χ3v) is 5.27. The van der Waals surface area contributed by atoms with Gasteiger partial charge in [0.1, 0.15) is 6.04 Å². The Morgan fingerprint density at radius 2 is 1.87 bits per heavy atom. The normalized spacial score (nSPS) is 13.1. The molecule has 1 heterocycles. The first kappa shape index (κ1) is 23.6. The maximum atomic E-state index is 11.7. The highest BCUT2D eigenvalue weighted by Gasteiger charge is 2.20. The number of hydrogen-bond acceptors (Lipinski definition) is 4. The Hall–Kier alpha value is -2.67. The summed E-state index contributed by atoms with van der Waals surface area (Å²) in [7, 11) is 0. The number of nitrogens with zero attached hydrogens (tertiary/aromatic N) is 2. The molecule has 30 heavy (non-hydrogen) atoms. The monoisotopic (exact) mass is 415 g/mol. The summed E-state index contributed by atoms with van der Waals surface area (Å²) in [6.07, 6.45) is 7.81. The fraction of sp³-hybridized carbons (Fsp3) is 0.522. The van der Waals surface area contributed by atoms with Crippen molar-refractivity contribution in [1.82, 2.24) is 14.9 Å². The van der Waals surface area contributed by atoms with E-state index in [4.69, 9.17) is 5.11 Å². The van der Waals surface area contributed by atoms with Crippen LogP contribution in [0.5, 0.6) is 0 Å². The van der Waals surface area contributed by atoms with Gasteiger partial charge in [0.2, 0.25) is 0 Å². The molecule has 2 aromatic rings. The molecular formula is C23H33N3O4. The average molecular weight is 416 g/mol. The zero-order valence-electron chi connectivity index (χ0n) is 17.9. The van der Waals surface area contributed by atoms with E-state index >= 15 is 0 Å². The first-order valence-electron chi connectivity index (χ1n) is 10.6. The zero-order valence-corrected chi connectivity index (χ0v) is 17.9. The summed E-state index contributed by atoms with van der Waals surface area (Å²) in [4.78, 5) is 26.6. The molecule has 3 N–H and O–H groups in total. The lowest BCUT2D eigenvalue weighted by atomic mass is 10.0.